The lowest BCUT2D eigenvalue weighted by atomic mass is 9.92. The molecule has 3 nitrogen and oxygen atoms in total. The molecule has 1 aliphatic carbocycles. The minimum atomic E-state index is 0.0582. The third-order valence-electron chi connectivity index (χ3n) is 4.36. The highest BCUT2D eigenvalue weighted by atomic mass is 16.1. The molecule has 3 heteroatoms. The number of carbonyl (C=O) groups excluding carboxylic acids is 1. The molecular formula is C18H28N2O. The number of hydrogen-bond acceptors (Lipinski definition) is 2. The maximum atomic E-state index is 12.4. The number of aryl methyl sites for hydroxylation is 1. The first-order chi connectivity index (χ1) is 9.91. The molecule has 1 saturated carbocycles. The number of benzene rings is 1. The van der Waals surface area contributed by atoms with E-state index in [9.17, 15) is 4.79 Å². The predicted molar refractivity (Wildman–Crippen MR) is 88.8 cm³/mol. The minimum absolute atomic E-state index is 0.0582. The number of carbonyl (C=O) groups is 1. The Morgan fingerprint density at radius 3 is 2.71 bits per heavy atom. The van der Waals surface area contributed by atoms with Gasteiger partial charge in [-0.3, -0.25) is 4.79 Å². The molecular weight excluding hydrogens is 260 g/mol. The Labute approximate surface area is 128 Å². The van der Waals surface area contributed by atoms with Crippen molar-refractivity contribution in [2.24, 2.45) is 5.41 Å². The van der Waals surface area contributed by atoms with Crippen molar-refractivity contribution in [2.75, 3.05) is 11.9 Å². The van der Waals surface area contributed by atoms with Gasteiger partial charge in [0.2, 0.25) is 0 Å². The molecule has 1 aliphatic rings. The molecule has 0 spiro atoms. The Hall–Kier alpha value is -1.51. The number of rotatable bonds is 5. The molecule has 1 amide bonds. The summed E-state index contributed by atoms with van der Waals surface area (Å²) in [6.07, 6.45) is 4.46. The van der Waals surface area contributed by atoms with E-state index in [-0.39, 0.29) is 5.91 Å². The van der Waals surface area contributed by atoms with Crippen molar-refractivity contribution >= 4 is 11.6 Å². The van der Waals surface area contributed by atoms with Crippen LogP contribution in [0.2, 0.25) is 0 Å². The summed E-state index contributed by atoms with van der Waals surface area (Å²) < 4.78 is 0. The predicted octanol–water partition coefficient (Wildman–Crippen LogP) is 4.13. The van der Waals surface area contributed by atoms with Gasteiger partial charge in [0.15, 0.2) is 0 Å². The van der Waals surface area contributed by atoms with Crippen molar-refractivity contribution in [3.05, 3.63) is 29.3 Å². The monoisotopic (exact) mass is 288 g/mol. The highest BCUT2D eigenvalue weighted by molar-refractivity contribution is 5.95. The second-order valence-corrected chi connectivity index (χ2v) is 7.03. The van der Waals surface area contributed by atoms with Gasteiger partial charge < -0.3 is 10.6 Å². The Bertz CT molecular complexity index is 508. The minimum Gasteiger partial charge on any atom is -0.385 e. The Morgan fingerprint density at radius 1 is 1.38 bits per heavy atom. The van der Waals surface area contributed by atoms with Crippen molar-refractivity contribution in [3.63, 3.8) is 0 Å². The second kappa shape index (κ2) is 6.50. The standard InChI is InChI=1S/C18H28N2O/c1-5-10-19-16-7-6-14(11-13(16)2)17(21)20-15-8-9-18(3,4)12-15/h6-7,11,15,19H,5,8-10,12H2,1-4H3,(H,20,21). The fraction of sp³-hybridized carbons (Fsp3) is 0.611. The number of nitrogens with one attached hydrogen (secondary N) is 2. The zero-order valence-corrected chi connectivity index (χ0v) is 13.8. The summed E-state index contributed by atoms with van der Waals surface area (Å²) in [5, 5.41) is 6.56. The van der Waals surface area contributed by atoms with E-state index in [4.69, 9.17) is 0 Å². The first-order valence-electron chi connectivity index (χ1n) is 8.07. The van der Waals surface area contributed by atoms with Gasteiger partial charge >= 0.3 is 0 Å². The highest BCUT2D eigenvalue weighted by Gasteiger charge is 2.31. The van der Waals surface area contributed by atoms with Crippen LogP contribution >= 0.6 is 0 Å². The largest absolute Gasteiger partial charge is 0.385 e. The lowest BCUT2D eigenvalue weighted by Gasteiger charge is -2.18. The van der Waals surface area contributed by atoms with Gasteiger partial charge in [0.25, 0.3) is 5.91 Å². The molecule has 0 bridgehead atoms. The van der Waals surface area contributed by atoms with Crippen molar-refractivity contribution in [2.45, 2.75) is 59.4 Å². The molecule has 1 fully saturated rings. The summed E-state index contributed by atoms with van der Waals surface area (Å²) in [6, 6.07) is 6.23. The van der Waals surface area contributed by atoms with Crippen molar-refractivity contribution in [1.29, 1.82) is 0 Å². The van der Waals surface area contributed by atoms with Gasteiger partial charge in [-0.15, -0.1) is 0 Å². The maximum Gasteiger partial charge on any atom is 0.251 e. The quantitative estimate of drug-likeness (QED) is 0.855. The summed E-state index contributed by atoms with van der Waals surface area (Å²) in [6.45, 7) is 9.71. The first-order valence-corrected chi connectivity index (χ1v) is 8.07. The van der Waals surface area contributed by atoms with Crippen LogP contribution in [0.4, 0.5) is 5.69 Å². The van der Waals surface area contributed by atoms with Crippen molar-refractivity contribution in [3.8, 4) is 0 Å². The summed E-state index contributed by atoms with van der Waals surface area (Å²) in [5.74, 6) is 0.0582. The number of hydrogen-bond donors (Lipinski definition) is 2. The van der Waals surface area contributed by atoms with Crippen LogP contribution in [-0.2, 0) is 0 Å². The van der Waals surface area contributed by atoms with Crippen LogP contribution in [0.1, 0.15) is 62.4 Å². The smallest absolute Gasteiger partial charge is 0.251 e. The van der Waals surface area contributed by atoms with E-state index in [0.717, 1.165) is 42.6 Å². The van der Waals surface area contributed by atoms with Gasteiger partial charge in [-0.05, 0) is 61.8 Å². The molecule has 1 atom stereocenters. The van der Waals surface area contributed by atoms with Crippen molar-refractivity contribution in [1.82, 2.24) is 5.32 Å². The van der Waals surface area contributed by atoms with Gasteiger partial charge in [-0.25, -0.2) is 0 Å². The summed E-state index contributed by atoms with van der Waals surface area (Å²) in [7, 11) is 0. The van der Waals surface area contributed by atoms with Crippen LogP contribution in [-0.4, -0.2) is 18.5 Å². The van der Waals surface area contributed by atoms with E-state index in [0.29, 0.717) is 11.5 Å². The zero-order valence-electron chi connectivity index (χ0n) is 13.8. The fourth-order valence-corrected chi connectivity index (χ4v) is 3.09. The van der Waals surface area contributed by atoms with E-state index in [1.54, 1.807) is 0 Å². The summed E-state index contributed by atoms with van der Waals surface area (Å²) in [4.78, 5) is 12.4. The van der Waals surface area contributed by atoms with Gasteiger partial charge in [0.1, 0.15) is 0 Å². The van der Waals surface area contributed by atoms with E-state index in [1.807, 2.05) is 25.1 Å². The first kappa shape index (κ1) is 15.9. The van der Waals surface area contributed by atoms with Crippen LogP contribution in [0.3, 0.4) is 0 Å². The van der Waals surface area contributed by atoms with E-state index >= 15 is 0 Å². The third-order valence-corrected chi connectivity index (χ3v) is 4.36. The molecule has 1 aromatic rings. The topological polar surface area (TPSA) is 41.1 Å². The second-order valence-electron chi connectivity index (χ2n) is 7.03. The normalized spacial score (nSPS) is 20.3. The lowest BCUT2D eigenvalue weighted by molar-refractivity contribution is 0.0936. The molecule has 0 aliphatic heterocycles. The van der Waals surface area contributed by atoms with E-state index in [1.165, 1.54) is 6.42 Å². The maximum absolute atomic E-state index is 12.4. The third kappa shape index (κ3) is 4.23. The summed E-state index contributed by atoms with van der Waals surface area (Å²) >= 11 is 0. The van der Waals surface area contributed by atoms with E-state index < -0.39 is 0 Å². The molecule has 0 aromatic heterocycles. The molecule has 21 heavy (non-hydrogen) atoms. The SMILES string of the molecule is CCCNc1ccc(C(=O)NC2CCC(C)(C)C2)cc1C. The Kier molecular flexibility index (Phi) is 4.92. The van der Waals surface area contributed by atoms with Crippen LogP contribution in [0.25, 0.3) is 0 Å². The van der Waals surface area contributed by atoms with Gasteiger partial charge in [-0.2, -0.15) is 0 Å². The average Bonchev–Trinajstić information content (AvgIpc) is 2.76. The van der Waals surface area contributed by atoms with Crippen molar-refractivity contribution < 1.29 is 4.79 Å². The van der Waals surface area contributed by atoms with Gasteiger partial charge in [0, 0.05) is 23.8 Å². The fourth-order valence-electron chi connectivity index (χ4n) is 3.09. The highest BCUT2D eigenvalue weighted by Crippen LogP contribution is 2.37. The molecule has 0 radical (unpaired) electrons. The molecule has 0 heterocycles. The van der Waals surface area contributed by atoms with Crippen LogP contribution in [0.5, 0.6) is 0 Å². The van der Waals surface area contributed by atoms with Gasteiger partial charge in [0.05, 0.1) is 0 Å². The Morgan fingerprint density at radius 2 is 2.14 bits per heavy atom. The van der Waals surface area contributed by atoms with Crippen LogP contribution in [0.15, 0.2) is 18.2 Å². The molecule has 116 valence electrons. The molecule has 2 rings (SSSR count). The molecule has 2 N–H and O–H groups in total. The summed E-state index contributed by atoms with van der Waals surface area (Å²) in [5.41, 5.74) is 3.37. The molecule has 1 unspecified atom stereocenters. The molecule has 0 saturated heterocycles. The zero-order chi connectivity index (χ0) is 15.5. The lowest BCUT2D eigenvalue weighted by Crippen LogP contribution is -2.33. The Balaban J connectivity index is 1.98. The van der Waals surface area contributed by atoms with Gasteiger partial charge in [-0.1, -0.05) is 20.8 Å². The average molecular weight is 288 g/mol. The molecule has 1 aromatic carbocycles. The van der Waals surface area contributed by atoms with Crippen LogP contribution < -0.4 is 10.6 Å². The van der Waals surface area contributed by atoms with E-state index in [2.05, 4.69) is 31.4 Å². The van der Waals surface area contributed by atoms with Crippen LogP contribution in [0, 0.1) is 12.3 Å². The number of anilines is 1. The number of amides is 1.